The van der Waals surface area contributed by atoms with Crippen LogP contribution in [0.4, 0.5) is 0 Å². The summed E-state index contributed by atoms with van der Waals surface area (Å²) < 4.78 is 12.2. The molecule has 0 fully saturated rings. The van der Waals surface area contributed by atoms with Gasteiger partial charge in [-0.15, -0.1) is 0 Å². The second kappa shape index (κ2) is 6.36. The predicted octanol–water partition coefficient (Wildman–Crippen LogP) is 6.82. The van der Waals surface area contributed by atoms with Crippen molar-refractivity contribution in [3.8, 4) is 33.8 Å². The summed E-state index contributed by atoms with van der Waals surface area (Å²) in [6.07, 6.45) is 0.849. The molecule has 4 aromatic rings. The van der Waals surface area contributed by atoms with Gasteiger partial charge in [-0.2, -0.15) is 0 Å². The number of ether oxygens (including phenoxy) is 2. The Bertz CT molecular complexity index is 1300. The molecule has 2 heteroatoms. The Morgan fingerprint density at radius 2 is 0.839 bits per heavy atom. The molecule has 4 aromatic carbocycles. The SMILES string of the molecule is c1ccc2c(c1)/C1=C3\c4ccccc4-c4ccc(cc43)OCCCOc3ccc-2c1c3. The smallest absolute Gasteiger partial charge is 0.119 e. The van der Waals surface area contributed by atoms with Crippen LogP contribution in [-0.2, 0) is 0 Å². The van der Waals surface area contributed by atoms with E-state index in [1.54, 1.807) is 0 Å². The van der Waals surface area contributed by atoms with Crippen LogP contribution in [0, 0.1) is 0 Å². The standard InChI is InChI=1S/C29H20O2/c1-3-8-24-20(6-1)22-12-10-18-16-26(22)28(24)29-25-9-4-2-7-21(25)23-13-11-19(17-27(23)29)31-15-5-14-30-18/h1-4,6-13,16-17H,5,14-15H2/b29-28-. The van der Waals surface area contributed by atoms with Crippen LogP contribution in [0.2, 0.25) is 0 Å². The highest BCUT2D eigenvalue weighted by molar-refractivity contribution is 6.19. The number of benzene rings is 4. The van der Waals surface area contributed by atoms with Gasteiger partial charge in [-0.25, -0.2) is 0 Å². The van der Waals surface area contributed by atoms with Crippen molar-refractivity contribution in [2.24, 2.45) is 0 Å². The zero-order valence-corrected chi connectivity index (χ0v) is 17.0. The van der Waals surface area contributed by atoms with Crippen molar-refractivity contribution in [2.75, 3.05) is 13.2 Å². The van der Waals surface area contributed by atoms with Crippen LogP contribution in [0.15, 0.2) is 84.9 Å². The van der Waals surface area contributed by atoms with E-state index in [1.807, 2.05) is 0 Å². The number of fused-ring (bicyclic) bond motifs is 8. The Labute approximate surface area is 181 Å². The first-order chi connectivity index (χ1) is 15.4. The molecule has 0 radical (unpaired) electrons. The van der Waals surface area contributed by atoms with E-state index in [0.717, 1.165) is 17.9 Å². The molecule has 0 unspecified atom stereocenters. The maximum atomic E-state index is 6.10. The van der Waals surface area contributed by atoms with Gasteiger partial charge >= 0.3 is 0 Å². The zero-order valence-electron chi connectivity index (χ0n) is 17.0. The second-order valence-electron chi connectivity index (χ2n) is 8.31. The normalized spacial score (nSPS) is 17.4. The molecule has 4 bridgehead atoms. The van der Waals surface area contributed by atoms with Crippen LogP contribution < -0.4 is 9.47 Å². The molecule has 3 aliphatic rings. The lowest BCUT2D eigenvalue weighted by Gasteiger charge is -2.12. The summed E-state index contributed by atoms with van der Waals surface area (Å²) in [6, 6.07) is 30.5. The highest BCUT2D eigenvalue weighted by Crippen LogP contribution is 2.55. The summed E-state index contributed by atoms with van der Waals surface area (Å²) in [5, 5.41) is 0. The van der Waals surface area contributed by atoms with E-state index in [2.05, 4.69) is 84.9 Å². The summed E-state index contributed by atoms with van der Waals surface area (Å²) in [6.45, 7) is 1.29. The van der Waals surface area contributed by atoms with Crippen LogP contribution in [0.3, 0.4) is 0 Å². The van der Waals surface area contributed by atoms with E-state index in [4.69, 9.17) is 9.47 Å². The van der Waals surface area contributed by atoms with Gasteiger partial charge in [-0.3, -0.25) is 0 Å². The highest BCUT2D eigenvalue weighted by atomic mass is 16.5. The number of rotatable bonds is 0. The van der Waals surface area contributed by atoms with E-state index < -0.39 is 0 Å². The Hall–Kier alpha value is -3.78. The van der Waals surface area contributed by atoms with Crippen molar-refractivity contribution in [1.82, 2.24) is 0 Å². The maximum Gasteiger partial charge on any atom is 0.119 e. The topological polar surface area (TPSA) is 18.5 Å². The van der Waals surface area contributed by atoms with E-state index in [9.17, 15) is 0 Å². The Balaban J connectivity index is 1.65. The summed E-state index contributed by atoms with van der Waals surface area (Å²) in [5.41, 5.74) is 12.8. The molecule has 0 spiro atoms. The molecule has 1 aliphatic heterocycles. The van der Waals surface area contributed by atoms with E-state index in [0.29, 0.717) is 13.2 Å². The lowest BCUT2D eigenvalue weighted by Crippen LogP contribution is -2.05. The minimum atomic E-state index is 0.644. The van der Waals surface area contributed by atoms with Crippen molar-refractivity contribution in [3.63, 3.8) is 0 Å². The fourth-order valence-corrected chi connectivity index (χ4v) is 5.25. The van der Waals surface area contributed by atoms with Gasteiger partial charge in [0.1, 0.15) is 11.5 Å². The number of hydrogen-bond acceptors (Lipinski definition) is 2. The monoisotopic (exact) mass is 400 g/mol. The van der Waals surface area contributed by atoms with Gasteiger partial charge in [0.25, 0.3) is 0 Å². The van der Waals surface area contributed by atoms with Crippen LogP contribution in [0.25, 0.3) is 33.4 Å². The molecule has 31 heavy (non-hydrogen) atoms. The first kappa shape index (κ1) is 17.0. The molecule has 0 amide bonds. The van der Waals surface area contributed by atoms with Crippen molar-refractivity contribution >= 4 is 11.1 Å². The molecule has 1 heterocycles. The van der Waals surface area contributed by atoms with Crippen molar-refractivity contribution in [3.05, 3.63) is 107 Å². The summed E-state index contributed by atoms with van der Waals surface area (Å²) >= 11 is 0. The largest absolute Gasteiger partial charge is 0.493 e. The third kappa shape index (κ3) is 2.39. The molecule has 0 saturated heterocycles. The van der Waals surface area contributed by atoms with Crippen LogP contribution >= 0.6 is 0 Å². The molecule has 2 nitrogen and oxygen atoms in total. The summed E-state index contributed by atoms with van der Waals surface area (Å²) in [5.74, 6) is 1.84. The van der Waals surface area contributed by atoms with Crippen molar-refractivity contribution < 1.29 is 9.47 Å². The quantitative estimate of drug-likeness (QED) is 0.279. The van der Waals surface area contributed by atoms with Crippen LogP contribution in [-0.4, -0.2) is 13.2 Å². The van der Waals surface area contributed by atoms with E-state index >= 15 is 0 Å². The Morgan fingerprint density at radius 3 is 1.32 bits per heavy atom. The fraction of sp³-hybridized carbons (Fsp3) is 0.103. The minimum absolute atomic E-state index is 0.644. The zero-order chi connectivity index (χ0) is 20.4. The van der Waals surface area contributed by atoms with Gasteiger partial charge in [0.2, 0.25) is 0 Å². The summed E-state index contributed by atoms with van der Waals surface area (Å²) in [7, 11) is 0. The lowest BCUT2D eigenvalue weighted by atomic mass is 9.91. The fourth-order valence-electron chi connectivity index (χ4n) is 5.25. The Morgan fingerprint density at radius 1 is 0.419 bits per heavy atom. The van der Waals surface area contributed by atoms with E-state index in [-0.39, 0.29) is 0 Å². The molecule has 148 valence electrons. The average molecular weight is 400 g/mol. The number of hydrogen-bond donors (Lipinski definition) is 0. The van der Waals surface area contributed by atoms with Crippen molar-refractivity contribution in [1.29, 1.82) is 0 Å². The second-order valence-corrected chi connectivity index (χ2v) is 8.31. The van der Waals surface area contributed by atoms with Crippen LogP contribution in [0.1, 0.15) is 28.7 Å². The van der Waals surface area contributed by atoms with E-state index in [1.165, 1.54) is 55.7 Å². The van der Waals surface area contributed by atoms with Gasteiger partial charge in [0.05, 0.1) is 13.2 Å². The molecule has 7 rings (SSSR count). The first-order valence-corrected chi connectivity index (χ1v) is 10.9. The maximum absolute atomic E-state index is 6.10. The minimum Gasteiger partial charge on any atom is -0.493 e. The molecule has 0 aromatic heterocycles. The van der Waals surface area contributed by atoms with Gasteiger partial charge in [-0.1, -0.05) is 60.7 Å². The Kier molecular flexibility index (Phi) is 3.48. The lowest BCUT2D eigenvalue weighted by molar-refractivity contribution is 0.247. The molecule has 2 aliphatic carbocycles. The molecule has 0 saturated carbocycles. The van der Waals surface area contributed by atoms with Crippen molar-refractivity contribution in [2.45, 2.75) is 6.42 Å². The van der Waals surface area contributed by atoms with Gasteiger partial charge in [0, 0.05) is 6.42 Å². The van der Waals surface area contributed by atoms with Gasteiger partial charge < -0.3 is 9.47 Å². The highest BCUT2D eigenvalue weighted by Gasteiger charge is 2.32. The third-order valence-corrected chi connectivity index (χ3v) is 6.57. The predicted molar refractivity (Wildman–Crippen MR) is 124 cm³/mol. The first-order valence-electron chi connectivity index (χ1n) is 10.9. The third-order valence-electron chi connectivity index (χ3n) is 6.57. The van der Waals surface area contributed by atoms with Gasteiger partial charge in [0.15, 0.2) is 0 Å². The average Bonchev–Trinajstić information content (AvgIpc) is 3.30. The molecule has 0 N–H and O–H groups in total. The van der Waals surface area contributed by atoms with Gasteiger partial charge in [-0.05, 0) is 79.9 Å². The molecular formula is C29H20O2. The molecule has 0 atom stereocenters. The molecular weight excluding hydrogens is 380 g/mol. The van der Waals surface area contributed by atoms with Crippen LogP contribution in [0.5, 0.6) is 11.5 Å². The summed E-state index contributed by atoms with van der Waals surface area (Å²) in [4.78, 5) is 0.